The van der Waals surface area contributed by atoms with Gasteiger partial charge in [0.05, 0.1) is 6.10 Å². The molecule has 0 aliphatic carbocycles. The number of hydrogen-bond acceptors (Lipinski definition) is 2. The Morgan fingerprint density at radius 1 is 1.43 bits per heavy atom. The SMILES string of the molecule is Cc1ccc(OCC(O)CBr)c(C)c1. The summed E-state index contributed by atoms with van der Waals surface area (Å²) in [6, 6.07) is 6.00. The molecule has 2 nitrogen and oxygen atoms in total. The topological polar surface area (TPSA) is 29.5 Å². The first kappa shape index (κ1) is 11.5. The molecular weight excluding hydrogens is 244 g/mol. The van der Waals surface area contributed by atoms with Gasteiger partial charge < -0.3 is 9.84 Å². The Morgan fingerprint density at radius 3 is 2.71 bits per heavy atom. The third-order valence-electron chi connectivity index (χ3n) is 1.94. The molecule has 0 saturated heterocycles. The van der Waals surface area contributed by atoms with Gasteiger partial charge in [0.1, 0.15) is 12.4 Å². The fraction of sp³-hybridized carbons (Fsp3) is 0.455. The van der Waals surface area contributed by atoms with Crippen molar-refractivity contribution in [2.24, 2.45) is 0 Å². The molecule has 78 valence electrons. The van der Waals surface area contributed by atoms with E-state index in [1.54, 1.807) is 0 Å². The Bertz CT molecular complexity index is 299. The first-order chi connectivity index (χ1) is 6.63. The molecule has 1 rings (SSSR count). The summed E-state index contributed by atoms with van der Waals surface area (Å²) in [5.41, 5.74) is 2.32. The minimum absolute atomic E-state index is 0.329. The Morgan fingerprint density at radius 2 is 2.14 bits per heavy atom. The van der Waals surface area contributed by atoms with Crippen molar-refractivity contribution in [2.45, 2.75) is 20.0 Å². The number of halogens is 1. The number of rotatable bonds is 4. The lowest BCUT2D eigenvalue weighted by Gasteiger charge is -2.12. The number of alkyl halides is 1. The van der Waals surface area contributed by atoms with Gasteiger partial charge in [0, 0.05) is 5.33 Å². The lowest BCUT2D eigenvalue weighted by atomic mass is 10.1. The van der Waals surface area contributed by atoms with Gasteiger partial charge >= 0.3 is 0 Å². The molecule has 0 saturated carbocycles. The van der Waals surface area contributed by atoms with E-state index in [-0.39, 0.29) is 0 Å². The summed E-state index contributed by atoms with van der Waals surface area (Å²) in [5, 5.41) is 9.83. The van der Waals surface area contributed by atoms with Crippen LogP contribution in [0.2, 0.25) is 0 Å². The molecule has 1 aromatic carbocycles. The van der Waals surface area contributed by atoms with Crippen LogP contribution in [-0.2, 0) is 0 Å². The number of aliphatic hydroxyl groups excluding tert-OH is 1. The second kappa shape index (κ2) is 5.37. The molecule has 1 aromatic rings. The Hall–Kier alpha value is -0.540. The average molecular weight is 259 g/mol. The van der Waals surface area contributed by atoms with Crippen LogP contribution in [0.5, 0.6) is 5.75 Å². The molecule has 1 atom stereocenters. The maximum atomic E-state index is 9.29. The van der Waals surface area contributed by atoms with Crippen molar-refractivity contribution in [1.29, 1.82) is 0 Å². The van der Waals surface area contributed by atoms with Crippen LogP contribution in [0.1, 0.15) is 11.1 Å². The molecule has 1 unspecified atom stereocenters. The summed E-state index contributed by atoms with van der Waals surface area (Å²) < 4.78 is 5.46. The van der Waals surface area contributed by atoms with E-state index in [0.717, 1.165) is 11.3 Å². The fourth-order valence-corrected chi connectivity index (χ4v) is 1.38. The van der Waals surface area contributed by atoms with E-state index >= 15 is 0 Å². The molecule has 0 amide bonds. The van der Waals surface area contributed by atoms with Crippen LogP contribution < -0.4 is 4.74 Å². The number of benzene rings is 1. The molecular formula is C11H15BrO2. The normalized spacial score (nSPS) is 12.6. The molecule has 3 heteroatoms. The number of aliphatic hydroxyl groups is 1. The number of hydrogen-bond donors (Lipinski definition) is 1. The van der Waals surface area contributed by atoms with Crippen LogP contribution in [0.4, 0.5) is 0 Å². The van der Waals surface area contributed by atoms with Crippen molar-refractivity contribution in [1.82, 2.24) is 0 Å². The standard InChI is InChI=1S/C11H15BrO2/c1-8-3-4-11(9(2)5-8)14-7-10(13)6-12/h3-5,10,13H,6-7H2,1-2H3. The van der Waals surface area contributed by atoms with Crippen LogP contribution in [0.3, 0.4) is 0 Å². The maximum absolute atomic E-state index is 9.29. The van der Waals surface area contributed by atoms with E-state index in [2.05, 4.69) is 22.0 Å². The fourth-order valence-electron chi connectivity index (χ4n) is 1.19. The highest BCUT2D eigenvalue weighted by molar-refractivity contribution is 9.09. The van der Waals surface area contributed by atoms with Gasteiger partial charge in [-0.2, -0.15) is 0 Å². The zero-order valence-corrected chi connectivity index (χ0v) is 10.0. The van der Waals surface area contributed by atoms with E-state index in [1.807, 2.05) is 26.0 Å². The van der Waals surface area contributed by atoms with Crippen molar-refractivity contribution >= 4 is 15.9 Å². The van der Waals surface area contributed by atoms with Crippen molar-refractivity contribution in [2.75, 3.05) is 11.9 Å². The average Bonchev–Trinajstić information content (AvgIpc) is 2.16. The zero-order chi connectivity index (χ0) is 10.6. The Balaban J connectivity index is 2.59. The van der Waals surface area contributed by atoms with E-state index in [0.29, 0.717) is 11.9 Å². The highest BCUT2D eigenvalue weighted by atomic mass is 79.9. The molecule has 0 fully saturated rings. The third kappa shape index (κ3) is 3.31. The monoisotopic (exact) mass is 258 g/mol. The highest BCUT2D eigenvalue weighted by Gasteiger charge is 2.04. The van der Waals surface area contributed by atoms with Crippen LogP contribution in [0.15, 0.2) is 18.2 Å². The summed E-state index contributed by atoms with van der Waals surface area (Å²) >= 11 is 3.19. The lowest BCUT2D eigenvalue weighted by Crippen LogP contribution is -2.18. The first-order valence-corrected chi connectivity index (χ1v) is 5.69. The molecule has 14 heavy (non-hydrogen) atoms. The van der Waals surface area contributed by atoms with E-state index in [1.165, 1.54) is 5.56 Å². The second-order valence-corrected chi connectivity index (χ2v) is 4.04. The van der Waals surface area contributed by atoms with Gasteiger partial charge in [0.25, 0.3) is 0 Å². The summed E-state index contributed by atoms with van der Waals surface area (Å²) in [5.74, 6) is 0.843. The van der Waals surface area contributed by atoms with Gasteiger partial charge in [-0.1, -0.05) is 33.6 Å². The second-order valence-electron chi connectivity index (χ2n) is 3.39. The van der Waals surface area contributed by atoms with E-state index in [4.69, 9.17) is 4.74 Å². The zero-order valence-electron chi connectivity index (χ0n) is 8.46. The van der Waals surface area contributed by atoms with Crippen molar-refractivity contribution < 1.29 is 9.84 Å². The van der Waals surface area contributed by atoms with E-state index in [9.17, 15) is 5.11 Å². The van der Waals surface area contributed by atoms with Crippen LogP contribution in [0, 0.1) is 13.8 Å². The summed E-state index contributed by atoms with van der Waals surface area (Å²) in [4.78, 5) is 0. The first-order valence-electron chi connectivity index (χ1n) is 4.57. The van der Waals surface area contributed by atoms with Gasteiger partial charge in [-0.3, -0.25) is 0 Å². The largest absolute Gasteiger partial charge is 0.491 e. The van der Waals surface area contributed by atoms with Crippen molar-refractivity contribution in [3.8, 4) is 5.75 Å². The van der Waals surface area contributed by atoms with Gasteiger partial charge in [0.15, 0.2) is 0 Å². The smallest absolute Gasteiger partial charge is 0.122 e. The van der Waals surface area contributed by atoms with Crippen molar-refractivity contribution in [3.63, 3.8) is 0 Å². The van der Waals surface area contributed by atoms with E-state index < -0.39 is 6.10 Å². The van der Waals surface area contributed by atoms with Crippen LogP contribution in [0.25, 0.3) is 0 Å². The quantitative estimate of drug-likeness (QED) is 0.841. The number of aryl methyl sites for hydroxylation is 2. The summed E-state index contributed by atoms with van der Waals surface area (Å²) in [6.07, 6.45) is -0.448. The minimum Gasteiger partial charge on any atom is -0.491 e. The molecule has 0 heterocycles. The van der Waals surface area contributed by atoms with Crippen LogP contribution >= 0.6 is 15.9 Å². The molecule has 0 spiro atoms. The van der Waals surface area contributed by atoms with Crippen molar-refractivity contribution in [3.05, 3.63) is 29.3 Å². The molecule has 1 N–H and O–H groups in total. The number of ether oxygens (including phenoxy) is 1. The highest BCUT2D eigenvalue weighted by Crippen LogP contribution is 2.18. The predicted molar refractivity (Wildman–Crippen MR) is 61.2 cm³/mol. The third-order valence-corrected chi connectivity index (χ3v) is 2.69. The molecule has 0 aliphatic heterocycles. The Labute approximate surface area is 93.0 Å². The minimum atomic E-state index is -0.448. The van der Waals surface area contributed by atoms with Gasteiger partial charge in [0.2, 0.25) is 0 Å². The molecule has 0 bridgehead atoms. The summed E-state index contributed by atoms with van der Waals surface area (Å²) in [7, 11) is 0. The predicted octanol–water partition coefficient (Wildman–Crippen LogP) is 2.44. The van der Waals surface area contributed by atoms with Gasteiger partial charge in [-0.25, -0.2) is 0 Å². The maximum Gasteiger partial charge on any atom is 0.122 e. The molecule has 0 aliphatic rings. The van der Waals surface area contributed by atoms with Crippen LogP contribution in [-0.4, -0.2) is 23.1 Å². The molecule has 0 aromatic heterocycles. The summed E-state index contributed by atoms with van der Waals surface area (Å²) in [6.45, 7) is 4.38. The Kier molecular flexibility index (Phi) is 4.42. The van der Waals surface area contributed by atoms with Gasteiger partial charge in [-0.05, 0) is 25.5 Å². The lowest BCUT2D eigenvalue weighted by molar-refractivity contribution is 0.127. The van der Waals surface area contributed by atoms with Gasteiger partial charge in [-0.15, -0.1) is 0 Å². The molecule has 0 radical (unpaired) electrons.